The maximum Gasteiger partial charge on any atom is 0.264 e. The van der Waals surface area contributed by atoms with E-state index in [9.17, 15) is 18.0 Å². The summed E-state index contributed by atoms with van der Waals surface area (Å²) >= 11 is 1.40. The van der Waals surface area contributed by atoms with Crippen molar-refractivity contribution >= 4 is 43.9 Å². The molecule has 0 atom stereocenters. The molecule has 1 amide bonds. The number of aromatic nitrogens is 1. The number of aryl methyl sites for hydroxylation is 2. The number of hydrogen-bond acceptors (Lipinski definition) is 6. The first-order valence-electron chi connectivity index (χ1n) is 10.2. The van der Waals surface area contributed by atoms with Gasteiger partial charge in [0, 0.05) is 19.0 Å². The first-order chi connectivity index (χ1) is 15.2. The Morgan fingerprint density at radius 3 is 2.47 bits per heavy atom. The van der Waals surface area contributed by atoms with Crippen molar-refractivity contribution < 1.29 is 18.0 Å². The minimum atomic E-state index is -3.75. The van der Waals surface area contributed by atoms with E-state index in [1.54, 1.807) is 12.1 Å². The predicted octanol–water partition coefficient (Wildman–Crippen LogP) is 4.42. The van der Waals surface area contributed by atoms with E-state index in [2.05, 4.69) is 10.3 Å². The van der Waals surface area contributed by atoms with Crippen LogP contribution in [0.4, 0.5) is 10.8 Å². The van der Waals surface area contributed by atoms with Crippen LogP contribution >= 0.6 is 11.3 Å². The van der Waals surface area contributed by atoms with Gasteiger partial charge in [-0.2, -0.15) is 0 Å². The van der Waals surface area contributed by atoms with Gasteiger partial charge in [0.15, 0.2) is 10.9 Å². The lowest BCUT2D eigenvalue weighted by Crippen LogP contribution is -2.35. The molecule has 166 valence electrons. The standard InChI is InChI=1S/C23H23N3O4S2/c1-14-22(31-23(24-14)25-16(3)28)19-8-11-21-18(13-19)5-4-12-26(21)32(29,30)20-9-6-17(7-10-20)15(2)27/h6-11,13H,4-5,12H2,1-3H3,(H,24,25,28). The maximum atomic E-state index is 13.3. The molecule has 2 aromatic carbocycles. The average molecular weight is 470 g/mol. The third kappa shape index (κ3) is 4.18. The molecule has 0 saturated heterocycles. The number of ketones is 1. The van der Waals surface area contributed by atoms with Crippen molar-refractivity contribution in [3.63, 3.8) is 0 Å². The largest absolute Gasteiger partial charge is 0.302 e. The van der Waals surface area contributed by atoms with Gasteiger partial charge in [0.1, 0.15) is 0 Å². The molecule has 4 rings (SSSR count). The summed E-state index contributed by atoms with van der Waals surface area (Å²) < 4.78 is 28.1. The van der Waals surface area contributed by atoms with Crippen molar-refractivity contribution in [3.05, 3.63) is 59.3 Å². The van der Waals surface area contributed by atoms with Crippen LogP contribution in [0, 0.1) is 6.92 Å². The summed E-state index contributed by atoms with van der Waals surface area (Å²) in [5, 5.41) is 3.26. The Labute approximate surface area is 191 Å². The molecule has 0 unspecified atom stereocenters. The van der Waals surface area contributed by atoms with Gasteiger partial charge < -0.3 is 5.32 Å². The summed E-state index contributed by atoms with van der Waals surface area (Å²) in [7, 11) is -3.75. The summed E-state index contributed by atoms with van der Waals surface area (Å²) in [6, 6.07) is 11.8. The number of hydrogen-bond donors (Lipinski definition) is 1. The van der Waals surface area contributed by atoms with Gasteiger partial charge in [-0.3, -0.25) is 13.9 Å². The summed E-state index contributed by atoms with van der Waals surface area (Å²) in [4.78, 5) is 28.4. The number of rotatable bonds is 5. The normalized spacial score (nSPS) is 13.5. The first-order valence-corrected chi connectivity index (χ1v) is 12.4. The molecule has 0 fully saturated rings. The topological polar surface area (TPSA) is 96.4 Å². The highest BCUT2D eigenvalue weighted by molar-refractivity contribution is 7.92. The second kappa shape index (κ2) is 8.48. The number of amides is 1. The van der Waals surface area contributed by atoms with E-state index in [1.165, 1.54) is 41.6 Å². The second-order valence-electron chi connectivity index (χ2n) is 7.72. The van der Waals surface area contributed by atoms with Crippen molar-refractivity contribution in [3.8, 4) is 10.4 Å². The summed E-state index contributed by atoms with van der Waals surface area (Å²) in [6.07, 6.45) is 1.48. The van der Waals surface area contributed by atoms with Crippen LogP contribution < -0.4 is 9.62 Å². The number of fused-ring (bicyclic) bond motifs is 1. The first kappa shape index (κ1) is 22.2. The molecule has 0 saturated carbocycles. The van der Waals surface area contributed by atoms with Gasteiger partial charge in [-0.1, -0.05) is 29.5 Å². The Balaban J connectivity index is 1.68. The van der Waals surface area contributed by atoms with E-state index in [4.69, 9.17) is 0 Å². The van der Waals surface area contributed by atoms with Crippen LogP contribution in [0.1, 0.15) is 41.9 Å². The van der Waals surface area contributed by atoms with Gasteiger partial charge in [0.05, 0.1) is 21.2 Å². The summed E-state index contributed by atoms with van der Waals surface area (Å²) in [5.41, 5.74) is 3.85. The molecule has 9 heteroatoms. The lowest BCUT2D eigenvalue weighted by atomic mass is 10.00. The van der Waals surface area contributed by atoms with Crippen molar-refractivity contribution in [2.45, 2.75) is 38.5 Å². The van der Waals surface area contributed by atoms with E-state index in [1.807, 2.05) is 25.1 Å². The van der Waals surface area contributed by atoms with Crippen LogP contribution in [0.25, 0.3) is 10.4 Å². The number of carbonyl (C=O) groups is 2. The zero-order valence-corrected chi connectivity index (χ0v) is 19.6. The molecule has 1 N–H and O–H groups in total. The molecule has 1 aliphatic heterocycles. The molecule has 3 aromatic rings. The fraction of sp³-hybridized carbons (Fsp3) is 0.261. The van der Waals surface area contributed by atoms with Crippen LogP contribution in [-0.4, -0.2) is 31.6 Å². The monoisotopic (exact) mass is 469 g/mol. The molecule has 1 aromatic heterocycles. The zero-order valence-electron chi connectivity index (χ0n) is 18.0. The molecule has 0 aliphatic carbocycles. The number of benzene rings is 2. The molecule has 0 bridgehead atoms. The number of nitrogens with zero attached hydrogens (tertiary/aromatic N) is 2. The third-order valence-electron chi connectivity index (χ3n) is 5.35. The number of Topliss-reactive ketones (excluding diaryl/α,β-unsaturated/α-hetero) is 1. The molecular weight excluding hydrogens is 446 g/mol. The average Bonchev–Trinajstić information content (AvgIpc) is 3.12. The van der Waals surface area contributed by atoms with Gasteiger partial charge >= 0.3 is 0 Å². The van der Waals surface area contributed by atoms with Gasteiger partial charge in [-0.05, 0) is 62.1 Å². The molecular formula is C23H23N3O4S2. The molecule has 32 heavy (non-hydrogen) atoms. The van der Waals surface area contributed by atoms with Gasteiger partial charge in [0.25, 0.3) is 10.0 Å². The smallest absolute Gasteiger partial charge is 0.264 e. The van der Waals surface area contributed by atoms with Crippen molar-refractivity contribution in [2.75, 3.05) is 16.2 Å². The highest BCUT2D eigenvalue weighted by Crippen LogP contribution is 2.38. The lowest BCUT2D eigenvalue weighted by molar-refractivity contribution is -0.114. The van der Waals surface area contributed by atoms with Crippen LogP contribution in [-0.2, 0) is 21.2 Å². The summed E-state index contributed by atoms with van der Waals surface area (Å²) in [6.45, 7) is 5.18. The van der Waals surface area contributed by atoms with Gasteiger partial charge in [-0.25, -0.2) is 13.4 Å². The number of carbonyl (C=O) groups excluding carboxylic acids is 2. The Kier molecular flexibility index (Phi) is 5.87. The highest BCUT2D eigenvalue weighted by Gasteiger charge is 2.29. The van der Waals surface area contributed by atoms with Crippen molar-refractivity contribution in [1.29, 1.82) is 0 Å². The zero-order chi connectivity index (χ0) is 23.0. The number of nitrogens with one attached hydrogen (secondary N) is 1. The van der Waals surface area contributed by atoms with E-state index in [-0.39, 0.29) is 16.6 Å². The van der Waals surface area contributed by atoms with Crippen LogP contribution in [0.15, 0.2) is 47.4 Å². The summed E-state index contributed by atoms with van der Waals surface area (Å²) in [5.74, 6) is -0.280. The Morgan fingerprint density at radius 2 is 1.81 bits per heavy atom. The fourth-order valence-electron chi connectivity index (χ4n) is 3.81. The predicted molar refractivity (Wildman–Crippen MR) is 126 cm³/mol. The van der Waals surface area contributed by atoms with E-state index >= 15 is 0 Å². The van der Waals surface area contributed by atoms with Crippen LogP contribution in [0.5, 0.6) is 0 Å². The van der Waals surface area contributed by atoms with Crippen LogP contribution in [0.2, 0.25) is 0 Å². The van der Waals surface area contributed by atoms with Crippen molar-refractivity contribution in [1.82, 2.24) is 4.98 Å². The lowest BCUT2D eigenvalue weighted by Gasteiger charge is -2.31. The van der Waals surface area contributed by atoms with E-state index < -0.39 is 10.0 Å². The number of anilines is 2. The number of thiazole rings is 1. The SMILES string of the molecule is CC(=O)Nc1nc(C)c(-c2ccc3c(c2)CCCN3S(=O)(=O)c2ccc(C(C)=O)cc2)s1. The highest BCUT2D eigenvalue weighted by atomic mass is 32.2. The second-order valence-corrected chi connectivity index (χ2v) is 10.6. The molecule has 0 radical (unpaired) electrons. The van der Waals surface area contributed by atoms with Crippen LogP contribution in [0.3, 0.4) is 0 Å². The van der Waals surface area contributed by atoms with E-state index in [0.717, 1.165) is 28.1 Å². The number of sulfonamides is 1. The Hall–Kier alpha value is -3.04. The Bertz CT molecular complexity index is 1310. The minimum Gasteiger partial charge on any atom is -0.302 e. The fourth-order valence-corrected chi connectivity index (χ4v) is 6.36. The molecule has 7 nitrogen and oxygen atoms in total. The van der Waals surface area contributed by atoms with Gasteiger partial charge in [0.2, 0.25) is 5.91 Å². The van der Waals surface area contributed by atoms with Crippen molar-refractivity contribution in [2.24, 2.45) is 0 Å². The maximum absolute atomic E-state index is 13.3. The molecule has 0 spiro atoms. The third-order valence-corrected chi connectivity index (χ3v) is 8.30. The quantitative estimate of drug-likeness (QED) is 0.558. The molecule has 1 aliphatic rings. The molecule has 2 heterocycles. The Morgan fingerprint density at radius 1 is 1.09 bits per heavy atom. The minimum absolute atomic E-state index is 0.107. The van der Waals surface area contributed by atoms with E-state index in [0.29, 0.717) is 29.3 Å². The van der Waals surface area contributed by atoms with Gasteiger partial charge in [-0.15, -0.1) is 0 Å².